The number of rotatable bonds is 6. The van der Waals surface area contributed by atoms with Gasteiger partial charge in [0.1, 0.15) is 12.3 Å². The minimum Gasteiger partial charge on any atom is -0.366 e. The van der Waals surface area contributed by atoms with Crippen LogP contribution in [-0.4, -0.2) is 0 Å². The maximum absolute atomic E-state index is 4.05. The quantitative estimate of drug-likeness (QED) is 0.135. The van der Waals surface area contributed by atoms with Crippen LogP contribution < -0.4 is 21.3 Å². The van der Waals surface area contributed by atoms with Crippen molar-refractivity contribution in [3.05, 3.63) is 252 Å². The minimum absolute atomic E-state index is 0.00354. The Bertz CT molecular complexity index is 3070. The Morgan fingerprint density at radius 3 is 1.15 bits per heavy atom. The van der Waals surface area contributed by atoms with E-state index in [0.717, 1.165) is 11.4 Å². The van der Waals surface area contributed by atoms with E-state index in [4.69, 9.17) is 0 Å². The molecule has 0 spiro atoms. The molecule has 0 fully saturated rings. The van der Waals surface area contributed by atoms with Crippen molar-refractivity contribution in [2.45, 2.75) is 24.4 Å². The van der Waals surface area contributed by atoms with E-state index in [1.54, 1.807) is 0 Å². The molecule has 62 heavy (non-hydrogen) atoms. The summed E-state index contributed by atoms with van der Waals surface area (Å²) in [6.07, 6.45) is -0.179. The predicted octanol–water partition coefficient (Wildman–Crippen LogP) is 14.1. The largest absolute Gasteiger partial charge is 0.366 e. The minimum atomic E-state index is -0.0893. The molecular weight excluding hydrogens is 753 g/mol. The highest BCUT2D eigenvalue weighted by Crippen LogP contribution is 2.43. The van der Waals surface area contributed by atoms with Crippen molar-refractivity contribution < 1.29 is 0 Å². The Morgan fingerprint density at radius 2 is 0.677 bits per heavy atom. The average molecular weight is 797 g/mol. The Labute approximate surface area is 361 Å². The zero-order valence-electron chi connectivity index (χ0n) is 34.1. The number of hydrogen-bond acceptors (Lipinski definition) is 4. The van der Waals surface area contributed by atoms with E-state index in [2.05, 4.69) is 240 Å². The van der Waals surface area contributed by atoms with Crippen molar-refractivity contribution in [1.29, 1.82) is 0 Å². The molecule has 10 aromatic carbocycles. The standard InChI is InChI=1S/C58H44N4/c1-3-15-37(16-4-1)43-21-11-25-47-45(43)23-13-27-49(47)55-51-19-7-9-29-53(51)59-57(61-55)41-33-31-40-36-42(34-32-39(40)35-41)58-60-54-30-10-8-20-52(54)56(62-58)50-28-14-24-46-44(22-12-26-48(46)50)38-17-5-2-6-18-38/h1-36,55-62H. The van der Waals surface area contributed by atoms with E-state index in [0.29, 0.717) is 0 Å². The van der Waals surface area contributed by atoms with Gasteiger partial charge in [0.15, 0.2) is 0 Å². The Balaban J connectivity index is 0.871. The van der Waals surface area contributed by atoms with E-state index < -0.39 is 0 Å². The summed E-state index contributed by atoms with van der Waals surface area (Å²) in [5.41, 5.74) is 14.7. The summed E-state index contributed by atoms with van der Waals surface area (Å²) in [5.74, 6) is 0. The average Bonchev–Trinajstić information content (AvgIpc) is 3.35. The number of para-hydroxylation sites is 2. The van der Waals surface area contributed by atoms with E-state index in [9.17, 15) is 0 Å². The van der Waals surface area contributed by atoms with Crippen LogP contribution in [0.4, 0.5) is 11.4 Å². The molecule has 12 rings (SSSR count). The molecule has 2 heterocycles. The molecule has 4 heteroatoms. The molecule has 4 nitrogen and oxygen atoms in total. The van der Waals surface area contributed by atoms with Gasteiger partial charge >= 0.3 is 0 Å². The second-order valence-corrected chi connectivity index (χ2v) is 16.6. The lowest BCUT2D eigenvalue weighted by molar-refractivity contribution is 0.508. The SMILES string of the molecule is c1ccc(-c2cccc3c(C4NC(c5ccc6cc(C7Nc8ccccc8C(c8cccc9c(-c%10ccccc%10)cccc89)N7)ccc6c5)Nc5ccccc54)cccc23)cc1. The van der Waals surface area contributed by atoms with Crippen molar-refractivity contribution in [2.24, 2.45) is 0 Å². The van der Waals surface area contributed by atoms with Crippen LogP contribution in [0.15, 0.2) is 218 Å². The van der Waals surface area contributed by atoms with Crippen LogP contribution in [0.3, 0.4) is 0 Å². The van der Waals surface area contributed by atoms with Gasteiger partial charge in [-0.25, -0.2) is 0 Å². The molecule has 296 valence electrons. The van der Waals surface area contributed by atoms with Gasteiger partial charge in [0, 0.05) is 11.4 Å². The second-order valence-electron chi connectivity index (χ2n) is 16.6. The summed E-state index contributed by atoms with van der Waals surface area (Å²) in [7, 11) is 0. The van der Waals surface area contributed by atoms with Crippen LogP contribution >= 0.6 is 0 Å². The van der Waals surface area contributed by atoms with Crippen molar-refractivity contribution in [2.75, 3.05) is 10.6 Å². The van der Waals surface area contributed by atoms with Crippen molar-refractivity contribution >= 4 is 43.7 Å². The molecule has 2 aliphatic rings. The van der Waals surface area contributed by atoms with Crippen LogP contribution in [-0.2, 0) is 0 Å². The molecular formula is C58H44N4. The summed E-state index contributed by atoms with van der Waals surface area (Å²) < 4.78 is 0. The number of hydrogen-bond donors (Lipinski definition) is 4. The lowest BCUT2D eigenvalue weighted by atomic mass is 9.88. The van der Waals surface area contributed by atoms with E-state index in [1.165, 1.54) is 88.0 Å². The van der Waals surface area contributed by atoms with Gasteiger partial charge in [-0.1, -0.05) is 194 Å². The monoisotopic (exact) mass is 796 g/mol. The van der Waals surface area contributed by atoms with Crippen LogP contribution in [0.25, 0.3) is 54.6 Å². The molecule has 0 saturated carbocycles. The molecule has 0 bridgehead atoms. The van der Waals surface area contributed by atoms with Gasteiger partial charge in [0.05, 0.1) is 12.1 Å². The smallest absolute Gasteiger partial charge is 0.104 e. The van der Waals surface area contributed by atoms with Gasteiger partial charge in [0.25, 0.3) is 0 Å². The van der Waals surface area contributed by atoms with Crippen molar-refractivity contribution in [3.8, 4) is 22.3 Å². The number of anilines is 2. The Hall–Kier alpha value is -7.50. The molecule has 0 aliphatic carbocycles. The van der Waals surface area contributed by atoms with Gasteiger partial charge in [-0.3, -0.25) is 10.6 Å². The van der Waals surface area contributed by atoms with Crippen LogP contribution in [0, 0.1) is 0 Å². The number of fused-ring (bicyclic) bond motifs is 5. The normalized spacial score (nSPS) is 18.1. The molecule has 4 atom stereocenters. The molecule has 0 saturated heterocycles. The van der Waals surface area contributed by atoms with Crippen LogP contribution in [0.2, 0.25) is 0 Å². The summed E-state index contributed by atoms with van der Waals surface area (Å²) in [5, 5.41) is 23.3. The first-order chi connectivity index (χ1) is 30.7. The van der Waals surface area contributed by atoms with Gasteiger partial charge in [0.2, 0.25) is 0 Å². The zero-order valence-corrected chi connectivity index (χ0v) is 34.1. The summed E-state index contributed by atoms with van der Waals surface area (Å²) >= 11 is 0. The third kappa shape index (κ3) is 6.31. The van der Waals surface area contributed by atoms with E-state index in [-0.39, 0.29) is 24.4 Å². The topological polar surface area (TPSA) is 48.1 Å². The molecule has 2 aliphatic heterocycles. The summed E-state index contributed by atoms with van der Waals surface area (Å²) in [6.45, 7) is 0. The predicted molar refractivity (Wildman–Crippen MR) is 258 cm³/mol. The molecule has 0 radical (unpaired) electrons. The fourth-order valence-corrected chi connectivity index (χ4v) is 10.1. The van der Waals surface area contributed by atoms with Crippen LogP contribution in [0.1, 0.15) is 57.8 Å². The molecule has 0 aromatic heterocycles. The summed E-state index contributed by atoms with van der Waals surface area (Å²) in [6, 6.07) is 79.5. The molecule has 10 aromatic rings. The molecule has 4 N–H and O–H groups in total. The third-order valence-corrected chi connectivity index (χ3v) is 13.1. The Morgan fingerprint density at radius 1 is 0.290 bits per heavy atom. The van der Waals surface area contributed by atoms with Crippen LogP contribution in [0.5, 0.6) is 0 Å². The molecule has 0 amide bonds. The fraction of sp³-hybridized carbons (Fsp3) is 0.0690. The first kappa shape index (κ1) is 36.4. The highest BCUT2D eigenvalue weighted by Gasteiger charge is 2.31. The third-order valence-electron chi connectivity index (χ3n) is 13.1. The van der Waals surface area contributed by atoms with Gasteiger partial charge in [-0.05, 0) is 112 Å². The highest BCUT2D eigenvalue weighted by molar-refractivity contribution is 6.00. The van der Waals surface area contributed by atoms with Gasteiger partial charge in [-0.2, -0.15) is 0 Å². The Kier molecular flexibility index (Phi) is 8.91. The first-order valence-corrected chi connectivity index (χ1v) is 21.6. The van der Waals surface area contributed by atoms with Crippen molar-refractivity contribution in [3.63, 3.8) is 0 Å². The first-order valence-electron chi connectivity index (χ1n) is 21.6. The number of nitrogens with one attached hydrogen (secondary N) is 4. The van der Waals surface area contributed by atoms with Crippen molar-refractivity contribution in [1.82, 2.24) is 10.6 Å². The summed E-state index contributed by atoms with van der Waals surface area (Å²) in [4.78, 5) is 0. The fourth-order valence-electron chi connectivity index (χ4n) is 10.1. The number of benzene rings is 10. The second kappa shape index (κ2) is 15.2. The zero-order chi connectivity index (χ0) is 41.0. The van der Waals surface area contributed by atoms with Gasteiger partial charge in [-0.15, -0.1) is 0 Å². The van der Waals surface area contributed by atoms with Gasteiger partial charge < -0.3 is 10.6 Å². The van der Waals surface area contributed by atoms with E-state index in [1.807, 2.05) is 0 Å². The lowest BCUT2D eigenvalue weighted by Gasteiger charge is -2.36. The maximum Gasteiger partial charge on any atom is 0.104 e. The lowest BCUT2D eigenvalue weighted by Crippen LogP contribution is -2.37. The molecule has 4 unspecified atom stereocenters. The van der Waals surface area contributed by atoms with E-state index >= 15 is 0 Å². The highest BCUT2D eigenvalue weighted by atomic mass is 15.2. The maximum atomic E-state index is 4.05.